The molecule has 1 aromatic carbocycles. The highest BCUT2D eigenvalue weighted by Gasteiger charge is 2.26. The van der Waals surface area contributed by atoms with Gasteiger partial charge >= 0.3 is 0 Å². The van der Waals surface area contributed by atoms with Crippen LogP contribution in [-0.2, 0) is 11.2 Å². The fourth-order valence-electron chi connectivity index (χ4n) is 3.83. The Morgan fingerprint density at radius 1 is 1.11 bits per heavy atom. The number of carbonyl (C=O) groups excluding carboxylic acids is 1. The summed E-state index contributed by atoms with van der Waals surface area (Å²) in [4.78, 5) is 18.9. The van der Waals surface area contributed by atoms with Gasteiger partial charge in [0, 0.05) is 44.2 Å². The van der Waals surface area contributed by atoms with Crippen LogP contribution in [0.15, 0.2) is 28.8 Å². The van der Waals surface area contributed by atoms with Crippen LogP contribution in [0.2, 0.25) is 0 Å². The summed E-state index contributed by atoms with van der Waals surface area (Å²) in [6.07, 6.45) is 4.46. The van der Waals surface area contributed by atoms with E-state index in [0.29, 0.717) is 36.4 Å². The first-order valence-electron chi connectivity index (χ1n) is 9.64. The van der Waals surface area contributed by atoms with E-state index in [4.69, 9.17) is 9.26 Å². The van der Waals surface area contributed by atoms with Gasteiger partial charge in [-0.1, -0.05) is 5.16 Å². The van der Waals surface area contributed by atoms with Crippen molar-refractivity contribution in [1.29, 1.82) is 0 Å². The van der Waals surface area contributed by atoms with Crippen LogP contribution in [0.3, 0.4) is 0 Å². The standard InChI is InChI=1S/C20H24FN3O3/c21-17-3-1-16(2-4-17)20(25)24-9-5-14(6-10-24)13-18-22-19(23-27-18)15-7-11-26-12-8-15/h1-4,14-15H,5-13H2. The molecule has 2 fully saturated rings. The van der Waals surface area contributed by atoms with Crippen molar-refractivity contribution in [1.82, 2.24) is 15.0 Å². The summed E-state index contributed by atoms with van der Waals surface area (Å²) in [5, 5.41) is 4.16. The lowest BCUT2D eigenvalue weighted by Gasteiger charge is -2.31. The van der Waals surface area contributed by atoms with Crippen LogP contribution in [0.4, 0.5) is 4.39 Å². The Labute approximate surface area is 157 Å². The molecule has 2 aliphatic rings. The lowest BCUT2D eigenvalue weighted by molar-refractivity contribution is 0.0687. The van der Waals surface area contributed by atoms with E-state index in [9.17, 15) is 9.18 Å². The molecule has 0 atom stereocenters. The summed E-state index contributed by atoms with van der Waals surface area (Å²) in [6.45, 7) is 2.91. The maximum Gasteiger partial charge on any atom is 0.253 e. The first-order valence-corrected chi connectivity index (χ1v) is 9.64. The molecule has 0 unspecified atom stereocenters. The van der Waals surface area contributed by atoms with Gasteiger partial charge in [-0.15, -0.1) is 0 Å². The van der Waals surface area contributed by atoms with Gasteiger partial charge in [0.1, 0.15) is 5.82 Å². The molecule has 1 amide bonds. The number of hydrogen-bond acceptors (Lipinski definition) is 5. The van der Waals surface area contributed by atoms with Crippen LogP contribution in [0.5, 0.6) is 0 Å². The fraction of sp³-hybridized carbons (Fsp3) is 0.550. The third kappa shape index (κ3) is 4.35. The van der Waals surface area contributed by atoms with Crippen molar-refractivity contribution in [3.05, 3.63) is 47.4 Å². The largest absolute Gasteiger partial charge is 0.381 e. The first kappa shape index (κ1) is 18.1. The van der Waals surface area contributed by atoms with Gasteiger partial charge in [-0.2, -0.15) is 4.98 Å². The fourth-order valence-corrected chi connectivity index (χ4v) is 3.83. The molecule has 0 bridgehead atoms. The summed E-state index contributed by atoms with van der Waals surface area (Å²) in [7, 11) is 0. The minimum atomic E-state index is -0.329. The van der Waals surface area contributed by atoms with E-state index in [1.165, 1.54) is 12.1 Å². The van der Waals surface area contributed by atoms with Gasteiger partial charge in [0.25, 0.3) is 5.91 Å². The number of aromatic nitrogens is 2. The Bertz CT molecular complexity index is 763. The number of rotatable bonds is 4. The van der Waals surface area contributed by atoms with Gasteiger partial charge in [0.15, 0.2) is 5.82 Å². The summed E-state index contributed by atoms with van der Waals surface area (Å²) in [5.74, 6) is 1.91. The molecule has 6 nitrogen and oxygen atoms in total. The zero-order valence-electron chi connectivity index (χ0n) is 15.3. The summed E-state index contributed by atoms with van der Waals surface area (Å²) in [5.41, 5.74) is 0.535. The van der Waals surface area contributed by atoms with E-state index >= 15 is 0 Å². The molecule has 0 radical (unpaired) electrons. The molecular formula is C20H24FN3O3. The van der Waals surface area contributed by atoms with Crippen molar-refractivity contribution in [2.45, 2.75) is 38.0 Å². The highest BCUT2D eigenvalue weighted by Crippen LogP contribution is 2.26. The Balaban J connectivity index is 1.29. The van der Waals surface area contributed by atoms with Crippen molar-refractivity contribution >= 4 is 5.91 Å². The lowest BCUT2D eigenvalue weighted by Crippen LogP contribution is -2.38. The lowest BCUT2D eigenvalue weighted by atomic mass is 9.93. The van der Waals surface area contributed by atoms with Gasteiger partial charge in [-0.25, -0.2) is 4.39 Å². The normalized spacial score (nSPS) is 19.4. The smallest absolute Gasteiger partial charge is 0.253 e. The van der Waals surface area contributed by atoms with Crippen LogP contribution >= 0.6 is 0 Å². The molecule has 1 aromatic heterocycles. The molecule has 144 valence electrons. The van der Waals surface area contributed by atoms with Crippen molar-refractivity contribution in [3.8, 4) is 0 Å². The van der Waals surface area contributed by atoms with E-state index in [0.717, 1.165) is 51.1 Å². The molecule has 4 rings (SSSR count). The third-order valence-corrected chi connectivity index (χ3v) is 5.53. The van der Waals surface area contributed by atoms with Crippen molar-refractivity contribution < 1.29 is 18.4 Å². The molecule has 2 aromatic rings. The highest BCUT2D eigenvalue weighted by atomic mass is 19.1. The Hall–Kier alpha value is -2.28. The number of ether oxygens (including phenoxy) is 1. The van der Waals surface area contributed by atoms with Crippen LogP contribution in [0.1, 0.15) is 53.7 Å². The SMILES string of the molecule is O=C(c1ccc(F)cc1)N1CCC(Cc2nc(C3CCOCC3)no2)CC1. The number of piperidine rings is 1. The minimum absolute atomic E-state index is 0.0342. The van der Waals surface area contributed by atoms with Crippen LogP contribution in [-0.4, -0.2) is 47.3 Å². The predicted octanol–water partition coefficient (Wildman–Crippen LogP) is 3.20. The van der Waals surface area contributed by atoms with E-state index in [2.05, 4.69) is 10.1 Å². The molecule has 3 heterocycles. The summed E-state index contributed by atoms with van der Waals surface area (Å²) >= 11 is 0. The second-order valence-electron chi connectivity index (χ2n) is 7.38. The molecule has 0 saturated carbocycles. The van der Waals surface area contributed by atoms with Gasteiger partial charge in [-0.05, 0) is 55.9 Å². The summed E-state index contributed by atoms with van der Waals surface area (Å²) in [6, 6.07) is 5.73. The topological polar surface area (TPSA) is 68.5 Å². The van der Waals surface area contributed by atoms with E-state index in [1.807, 2.05) is 4.90 Å². The van der Waals surface area contributed by atoms with E-state index in [-0.39, 0.29) is 11.7 Å². The summed E-state index contributed by atoms with van der Waals surface area (Å²) < 4.78 is 23.9. The monoisotopic (exact) mass is 373 g/mol. The van der Waals surface area contributed by atoms with E-state index in [1.54, 1.807) is 12.1 Å². The van der Waals surface area contributed by atoms with Gasteiger partial charge in [-0.3, -0.25) is 4.79 Å². The average Bonchev–Trinajstić information content (AvgIpc) is 3.18. The Morgan fingerprint density at radius 3 is 2.52 bits per heavy atom. The third-order valence-electron chi connectivity index (χ3n) is 5.53. The molecule has 27 heavy (non-hydrogen) atoms. The molecule has 0 aliphatic carbocycles. The van der Waals surface area contributed by atoms with Gasteiger partial charge in [0.2, 0.25) is 5.89 Å². The van der Waals surface area contributed by atoms with Crippen LogP contribution in [0, 0.1) is 11.7 Å². The molecule has 0 N–H and O–H groups in total. The molecule has 2 saturated heterocycles. The van der Waals surface area contributed by atoms with Crippen molar-refractivity contribution in [2.24, 2.45) is 5.92 Å². The molecule has 7 heteroatoms. The molecular weight excluding hydrogens is 349 g/mol. The number of hydrogen-bond donors (Lipinski definition) is 0. The quantitative estimate of drug-likeness (QED) is 0.823. The predicted molar refractivity (Wildman–Crippen MR) is 95.8 cm³/mol. The number of carbonyl (C=O) groups is 1. The Kier molecular flexibility index (Phi) is 5.48. The number of amides is 1. The average molecular weight is 373 g/mol. The van der Waals surface area contributed by atoms with E-state index < -0.39 is 0 Å². The van der Waals surface area contributed by atoms with Crippen molar-refractivity contribution in [2.75, 3.05) is 26.3 Å². The maximum atomic E-state index is 13.0. The van der Waals surface area contributed by atoms with Crippen LogP contribution < -0.4 is 0 Å². The van der Waals surface area contributed by atoms with Crippen molar-refractivity contribution in [3.63, 3.8) is 0 Å². The molecule has 0 spiro atoms. The number of halogens is 1. The minimum Gasteiger partial charge on any atom is -0.381 e. The van der Waals surface area contributed by atoms with Gasteiger partial charge < -0.3 is 14.2 Å². The number of likely N-dealkylation sites (tertiary alicyclic amines) is 1. The van der Waals surface area contributed by atoms with Crippen LogP contribution in [0.25, 0.3) is 0 Å². The zero-order chi connectivity index (χ0) is 18.6. The second kappa shape index (κ2) is 8.17. The van der Waals surface area contributed by atoms with Gasteiger partial charge in [0.05, 0.1) is 0 Å². The Morgan fingerprint density at radius 2 is 1.81 bits per heavy atom. The maximum absolute atomic E-state index is 13.0. The molecule has 2 aliphatic heterocycles. The number of benzene rings is 1. The first-order chi connectivity index (χ1) is 13.2. The number of nitrogens with zero attached hydrogens (tertiary/aromatic N) is 3. The highest BCUT2D eigenvalue weighted by molar-refractivity contribution is 5.94. The zero-order valence-corrected chi connectivity index (χ0v) is 15.3. The second-order valence-corrected chi connectivity index (χ2v) is 7.38.